The van der Waals surface area contributed by atoms with Gasteiger partial charge >= 0.3 is 0 Å². The second-order valence-corrected chi connectivity index (χ2v) is 6.61. The Morgan fingerprint density at radius 2 is 2.20 bits per heavy atom. The van der Waals surface area contributed by atoms with Gasteiger partial charge in [0.05, 0.1) is 17.1 Å². The third-order valence-corrected chi connectivity index (χ3v) is 4.33. The first-order valence-corrected chi connectivity index (χ1v) is 8.38. The highest BCUT2D eigenvalue weighted by Crippen LogP contribution is 2.40. The summed E-state index contributed by atoms with van der Waals surface area (Å²) in [6.45, 7) is 4.06. The van der Waals surface area contributed by atoms with Crippen LogP contribution in [0.1, 0.15) is 54.7 Å². The number of rotatable bonds is 4. The zero-order valence-electron chi connectivity index (χ0n) is 14.1. The van der Waals surface area contributed by atoms with E-state index in [4.69, 9.17) is 4.98 Å². The molecule has 1 aliphatic carbocycles. The van der Waals surface area contributed by atoms with Gasteiger partial charge in [0, 0.05) is 23.9 Å². The Morgan fingerprint density at radius 3 is 2.88 bits per heavy atom. The van der Waals surface area contributed by atoms with Gasteiger partial charge < -0.3 is 10.4 Å². The highest BCUT2D eigenvalue weighted by Gasteiger charge is 2.28. The number of hydrogen-bond acceptors (Lipinski definition) is 5. The quantitative estimate of drug-likeness (QED) is 0.762. The van der Waals surface area contributed by atoms with Gasteiger partial charge in [-0.1, -0.05) is 0 Å². The molecule has 0 bridgehead atoms. The fourth-order valence-corrected chi connectivity index (χ4v) is 2.86. The Morgan fingerprint density at radius 1 is 1.40 bits per heavy atom. The standard InChI is InChI=1S/C18H19N5O2/c1-10(2)23-17-13(9-20-23)12(8-14(21-17)11-5-6-11)18(25)22-16-15(24)4-3-7-19-16/h3-4,7-11,24H,5-6H2,1-2H3,(H,19,22,25). The molecule has 7 heteroatoms. The molecule has 3 aromatic rings. The van der Waals surface area contributed by atoms with Crippen LogP contribution in [0.15, 0.2) is 30.6 Å². The number of nitrogens with zero attached hydrogens (tertiary/aromatic N) is 4. The van der Waals surface area contributed by atoms with Crippen LogP contribution in [-0.2, 0) is 0 Å². The zero-order valence-corrected chi connectivity index (χ0v) is 14.1. The smallest absolute Gasteiger partial charge is 0.257 e. The topological polar surface area (TPSA) is 92.9 Å². The number of aromatic nitrogens is 4. The third-order valence-electron chi connectivity index (χ3n) is 4.33. The van der Waals surface area contributed by atoms with Crippen molar-refractivity contribution in [3.05, 3.63) is 41.9 Å². The Hall–Kier alpha value is -2.96. The summed E-state index contributed by atoms with van der Waals surface area (Å²) in [5.74, 6) is 0.157. The fourth-order valence-electron chi connectivity index (χ4n) is 2.86. The van der Waals surface area contributed by atoms with Crippen molar-refractivity contribution in [2.45, 2.75) is 38.6 Å². The molecule has 0 radical (unpaired) electrons. The van der Waals surface area contributed by atoms with Gasteiger partial charge in [-0.25, -0.2) is 14.6 Å². The molecule has 2 N–H and O–H groups in total. The first kappa shape index (κ1) is 15.6. The number of carbonyl (C=O) groups excluding carboxylic acids is 1. The van der Waals surface area contributed by atoms with Crippen molar-refractivity contribution in [2.75, 3.05) is 5.32 Å². The number of carbonyl (C=O) groups is 1. The van der Waals surface area contributed by atoms with E-state index in [9.17, 15) is 9.90 Å². The molecule has 0 aromatic carbocycles. The van der Waals surface area contributed by atoms with Gasteiger partial charge in [-0.2, -0.15) is 5.10 Å². The molecule has 0 saturated heterocycles. The van der Waals surface area contributed by atoms with Gasteiger partial charge in [-0.05, 0) is 44.9 Å². The lowest BCUT2D eigenvalue weighted by Gasteiger charge is -2.11. The minimum atomic E-state index is -0.327. The summed E-state index contributed by atoms with van der Waals surface area (Å²) in [5, 5.41) is 17.6. The van der Waals surface area contributed by atoms with Gasteiger partial charge in [-0.3, -0.25) is 4.79 Å². The van der Waals surface area contributed by atoms with Crippen LogP contribution in [0.5, 0.6) is 5.75 Å². The predicted molar refractivity (Wildman–Crippen MR) is 93.7 cm³/mol. The number of anilines is 1. The number of pyridine rings is 2. The van der Waals surface area contributed by atoms with Crippen LogP contribution in [0.3, 0.4) is 0 Å². The molecule has 0 spiro atoms. The van der Waals surface area contributed by atoms with Gasteiger partial charge in [-0.15, -0.1) is 0 Å². The Bertz CT molecular complexity index is 959. The molecular weight excluding hydrogens is 318 g/mol. The van der Waals surface area contributed by atoms with E-state index in [0.717, 1.165) is 24.2 Å². The molecule has 25 heavy (non-hydrogen) atoms. The summed E-state index contributed by atoms with van der Waals surface area (Å²) in [7, 11) is 0. The minimum Gasteiger partial charge on any atom is -0.504 e. The van der Waals surface area contributed by atoms with Crippen LogP contribution in [-0.4, -0.2) is 30.8 Å². The van der Waals surface area contributed by atoms with Crippen LogP contribution in [0, 0.1) is 0 Å². The first-order chi connectivity index (χ1) is 12.0. The summed E-state index contributed by atoms with van der Waals surface area (Å²) in [6.07, 6.45) is 5.38. The van der Waals surface area contributed by atoms with Crippen molar-refractivity contribution in [2.24, 2.45) is 0 Å². The second-order valence-electron chi connectivity index (χ2n) is 6.61. The molecule has 1 fully saturated rings. The van der Waals surface area contributed by atoms with E-state index < -0.39 is 0 Å². The minimum absolute atomic E-state index is 0.0681. The van der Waals surface area contributed by atoms with Crippen molar-refractivity contribution >= 4 is 22.8 Å². The number of nitrogens with one attached hydrogen (secondary N) is 1. The van der Waals surface area contributed by atoms with Gasteiger partial charge in [0.25, 0.3) is 5.91 Å². The maximum atomic E-state index is 12.8. The van der Waals surface area contributed by atoms with Crippen molar-refractivity contribution in [1.29, 1.82) is 0 Å². The van der Waals surface area contributed by atoms with E-state index >= 15 is 0 Å². The summed E-state index contributed by atoms with van der Waals surface area (Å²) in [4.78, 5) is 21.6. The van der Waals surface area contributed by atoms with Crippen LogP contribution < -0.4 is 5.32 Å². The fraction of sp³-hybridized carbons (Fsp3) is 0.333. The molecule has 0 unspecified atom stereocenters. The summed E-state index contributed by atoms with van der Waals surface area (Å²) < 4.78 is 1.83. The van der Waals surface area contributed by atoms with Gasteiger partial charge in [0.1, 0.15) is 0 Å². The Labute approximate surface area is 144 Å². The molecule has 1 amide bonds. The first-order valence-electron chi connectivity index (χ1n) is 8.38. The average molecular weight is 337 g/mol. The Kier molecular flexibility index (Phi) is 3.63. The highest BCUT2D eigenvalue weighted by molar-refractivity contribution is 6.12. The number of amides is 1. The van der Waals surface area contributed by atoms with Crippen LogP contribution in [0.2, 0.25) is 0 Å². The van der Waals surface area contributed by atoms with E-state index in [-0.39, 0.29) is 23.5 Å². The number of aromatic hydroxyl groups is 1. The van der Waals surface area contributed by atoms with E-state index in [1.165, 1.54) is 12.3 Å². The summed E-state index contributed by atoms with van der Waals surface area (Å²) >= 11 is 0. The van der Waals surface area contributed by atoms with E-state index in [1.54, 1.807) is 12.3 Å². The van der Waals surface area contributed by atoms with Crippen LogP contribution in [0.25, 0.3) is 11.0 Å². The molecule has 1 aliphatic rings. The summed E-state index contributed by atoms with van der Waals surface area (Å²) in [5.41, 5.74) is 2.14. The van der Waals surface area contributed by atoms with E-state index in [2.05, 4.69) is 15.4 Å². The van der Waals surface area contributed by atoms with Crippen molar-refractivity contribution in [3.8, 4) is 5.75 Å². The molecule has 128 valence electrons. The zero-order chi connectivity index (χ0) is 17.6. The molecular formula is C18H19N5O2. The van der Waals surface area contributed by atoms with Crippen LogP contribution >= 0.6 is 0 Å². The molecule has 1 saturated carbocycles. The van der Waals surface area contributed by atoms with Crippen molar-refractivity contribution in [3.63, 3.8) is 0 Å². The highest BCUT2D eigenvalue weighted by atomic mass is 16.3. The third kappa shape index (κ3) is 2.82. The van der Waals surface area contributed by atoms with Crippen LogP contribution in [0.4, 0.5) is 5.82 Å². The predicted octanol–water partition coefficient (Wildman–Crippen LogP) is 3.24. The largest absolute Gasteiger partial charge is 0.504 e. The maximum Gasteiger partial charge on any atom is 0.257 e. The second kappa shape index (κ2) is 5.84. The van der Waals surface area contributed by atoms with Crippen molar-refractivity contribution in [1.82, 2.24) is 19.7 Å². The van der Waals surface area contributed by atoms with Crippen molar-refractivity contribution < 1.29 is 9.90 Å². The number of fused-ring (bicyclic) bond motifs is 1. The average Bonchev–Trinajstić information content (AvgIpc) is 3.35. The lowest BCUT2D eigenvalue weighted by Crippen LogP contribution is -2.14. The maximum absolute atomic E-state index is 12.8. The monoisotopic (exact) mass is 337 g/mol. The Balaban J connectivity index is 1.80. The lowest BCUT2D eigenvalue weighted by atomic mass is 10.1. The lowest BCUT2D eigenvalue weighted by molar-refractivity contribution is 0.102. The van der Waals surface area contributed by atoms with Gasteiger partial charge in [0.15, 0.2) is 17.2 Å². The normalized spacial score (nSPS) is 14.2. The molecule has 4 rings (SSSR count). The SMILES string of the molecule is CC(C)n1ncc2c(C(=O)Nc3ncccc3O)cc(C3CC3)nc21. The molecule has 3 heterocycles. The molecule has 7 nitrogen and oxygen atoms in total. The molecule has 0 aliphatic heterocycles. The summed E-state index contributed by atoms with van der Waals surface area (Å²) in [6, 6.07) is 5.07. The van der Waals surface area contributed by atoms with E-state index in [0.29, 0.717) is 16.9 Å². The molecule has 0 atom stereocenters. The van der Waals surface area contributed by atoms with Gasteiger partial charge in [0.2, 0.25) is 0 Å². The van der Waals surface area contributed by atoms with E-state index in [1.807, 2.05) is 24.6 Å². The molecule has 3 aromatic heterocycles. The number of hydrogen-bond donors (Lipinski definition) is 2.